The summed E-state index contributed by atoms with van der Waals surface area (Å²) in [4.78, 5) is 0. The van der Waals surface area contributed by atoms with E-state index in [1.54, 1.807) is 21.4 Å². The first-order valence-corrected chi connectivity index (χ1v) is 6.41. The third-order valence-corrected chi connectivity index (χ3v) is 3.26. The van der Waals surface area contributed by atoms with Crippen molar-refractivity contribution in [2.24, 2.45) is 7.05 Å². The molecule has 0 aliphatic rings. The Morgan fingerprint density at radius 1 is 1.25 bits per heavy atom. The number of aryl methyl sites for hydroxylation is 2. The van der Waals surface area contributed by atoms with E-state index in [4.69, 9.17) is 12.2 Å². The normalized spacial score (nSPS) is 10.9. The molecule has 3 rings (SSSR count). The molecule has 7 heteroatoms. The van der Waals surface area contributed by atoms with Crippen molar-refractivity contribution in [2.45, 2.75) is 6.92 Å². The molecule has 20 heavy (non-hydrogen) atoms. The number of nitrogens with one attached hydrogen (secondary N) is 1. The van der Waals surface area contributed by atoms with Crippen LogP contribution in [0.4, 0.5) is 4.39 Å². The highest BCUT2D eigenvalue weighted by molar-refractivity contribution is 7.71. The van der Waals surface area contributed by atoms with Gasteiger partial charge in [-0.2, -0.15) is 10.2 Å². The number of benzene rings is 1. The van der Waals surface area contributed by atoms with Crippen LogP contribution in [0.25, 0.3) is 17.2 Å². The Balaban J connectivity index is 2.22. The fraction of sp³-hybridized carbons (Fsp3) is 0.154. The minimum absolute atomic E-state index is 0.290. The number of hydrogen-bond acceptors (Lipinski definition) is 3. The molecule has 1 N–H and O–H groups in total. The third kappa shape index (κ3) is 2.05. The molecule has 1 aromatic carbocycles. The Kier molecular flexibility index (Phi) is 2.98. The molecule has 5 nitrogen and oxygen atoms in total. The molecule has 0 fully saturated rings. The maximum absolute atomic E-state index is 13.0. The molecular weight excluding hydrogens is 277 g/mol. The molecule has 0 aliphatic heterocycles. The molecule has 102 valence electrons. The van der Waals surface area contributed by atoms with Gasteiger partial charge in [-0.05, 0) is 49.5 Å². The number of aromatic amines is 1. The molecule has 0 radical (unpaired) electrons. The molecule has 0 saturated heterocycles. The molecule has 0 amide bonds. The Labute approximate surface area is 119 Å². The average Bonchev–Trinajstić information content (AvgIpc) is 2.93. The van der Waals surface area contributed by atoms with Crippen LogP contribution in [-0.4, -0.2) is 24.5 Å². The van der Waals surface area contributed by atoms with Crippen LogP contribution in [0.5, 0.6) is 0 Å². The van der Waals surface area contributed by atoms with Gasteiger partial charge in [-0.25, -0.2) is 4.39 Å². The van der Waals surface area contributed by atoms with Crippen LogP contribution < -0.4 is 0 Å². The van der Waals surface area contributed by atoms with E-state index in [1.165, 1.54) is 12.1 Å². The summed E-state index contributed by atoms with van der Waals surface area (Å²) >= 11 is 5.26. The van der Waals surface area contributed by atoms with Crippen LogP contribution in [0.3, 0.4) is 0 Å². The highest BCUT2D eigenvalue weighted by Crippen LogP contribution is 2.21. The lowest BCUT2D eigenvalue weighted by Gasteiger charge is -2.06. The number of hydrogen-bond donors (Lipinski definition) is 1. The quantitative estimate of drug-likeness (QED) is 0.738. The molecular formula is C13H12FN5S. The van der Waals surface area contributed by atoms with Gasteiger partial charge in [-0.3, -0.25) is 14.3 Å². The van der Waals surface area contributed by atoms with Crippen molar-refractivity contribution in [1.29, 1.82) is 0 Å². The second-order valence-electron chi connectivity index (χ2n) is 4.46. The smallest absolute Gasteiger partial charge is 0.200 e. The summed E-state index contributed by atoms with van der Waals surface area (Å²) in [6.45, 7) is 1.91. The van der Waals surface area contributed by atoms with Crippen molar-refractivity contribution in [1.82, 2.24) is 24.5 Å². The molecule has 0 spiro atoms. The molecule has 0 saturated carbocycles. The second kappa shape index (κ2) is 4.68. The minimum Gasteiger partial charge on any atom is -0.267 e. The molecule has 0 unspecified atom stereocenters. The minimum atomic E-state index is -0.290. The monoisotopic (exact) mass is 289 g/mol. The van der Waals surface area contributed by atoms with E-state index in [2.05, 4.69) is 15.3 Å². The predicted molar refractivity (Wildman–Crippen MR) is 75.6 cm³/mol. The van der Waals surface area contributed by atoms with Crippen molar-refractivity contribution < 1.29 is 4.39 Å². The van der Waals surface area contributed by atoms with Gasteiger partial charge in [0.1, 0.15) is 11.5 Å². The summed E-state index contributed by atoms with van der Waals surface area (Å²) in [6.07, 6.45) is 0. The largest absolute Gasteiger partial charge is 0.267 e. The van der Waals surface area contributed by atoms with Crippen molar-refractivity contribution in [2.75, 3.05) is 0 Å². The zero-order valence-corrected chi connectivity index (χ0v) is 11.8. The van der Waals surface area contributed by atoms with E-state index < -0.39 is 0 Å². The van der Waals surface area contributed by atoms with Gasteiger partial charge in [-0.1, -0.05) is 0 Å². The van der Waals surface area contributed by atoms with Crippen LogP contribution in [0, 0.1) is 17.5 Å². The number of nitrogens with zero attached hydrogens (tertiary/aromatic N) is 4. The number of H-pyrrole nitrogens is 1. The van der Waals surface area contributed by atoms with Crippen molar-refractivity contribution >= 4 is 12.2 Å². The third-order valence-electron chi connectivity index (χ3n) is 2.99. The maximum Gasteiger partial charge on any atom is 0.200 e. The van der Waals surface area contributed by atoms with Crippen LogP contribution in [0.15, 0.2) is 30.3 Å². The number of halogens is 1. The Morgan fingerprint density at radius 3 is 2.55 bits per heavy atom. The number of aromatic nitrogens is 5. The fourth-order valence-corrected chi connectivity index (χ4v) is 2.36. The molecule has 2 heterocycles. The van der Waals surface area contributed by atoms with Gasteiger partial charge in [0.25, 0.3) is 0 Å². The summed E-state index contributed by atoms with van der Waals surface area (Å²) in [7, 11) is 1.84. The Morgan fingerprint density at radius 2 is 1.95 bits per heavy atom. The SMILES string of the molecule is Cc1cc(-c2n[nH]c(=S)n2-c2ccc(F)cc2)n(C)n1. The Bertz CT molecular complexity index is 812. The second-order valence-corrected chi connectivity index (χ2v) is 4.85. The van der Waals surface area contributed by atoms with Gasteiger partial charge in [0.05, 0.1) is 11.4 Å². The van der Waals surface area contributed by atoms with Gasteiger partial charge >= 0.3 is 0 Å². The topological polar surface area (TPSA) is 51.4 Å². The zero-order valence-electron chi connectivity index (χ0n) is 11.0. The van der Waals surface area contributed by atoms with Crippen LogP contribution >= 0.6 is 12.2 Å². The Hall–Kier alpha value is -2.28. The van der Waals surface area contributed by atoms with Crippen molar-refractivity contribution in [3.05, 3.63) is 46.6 Å². The van der Waals surface area contributed by atoms with Gasteiger partial charge in [-0.15, -0.1) is 0 Å². The predicted octanol–water partition coefficient (Wildman–Crippen LogP) is 2.78. The zero-order chi connectivity index (χ0) is 14.3. The standard InChI is InChI=1S/C13H12FN5S/c1-8-7-11(18(2)17-8)12-15-16-13(20)19(12)10-5-3-9(14)4-6-10/h3-7H,1-2H3,(H,16,20). The van der Waals surface area contributed by atoms with Gasteiger partial charge in [0.15, 0.2) is 10.6 Å². The van der Waals surface area contributed by atoms with Crippen LogP contribution in [-0.2, 0) is 7.05 Å². The van der Waals surface area contributed by atoms with E-state index in [9.17, 15) is 4.39 Å². The first-order valence-electron chi connectivity index (χ1n) is 6.00. The molecule has 0 aliphatic carbocycles. The summed E-state index contributed by atoms with van der Waals surface area (Å²) in [6, 6.07) is 8.02. The van der Waals surface area contributed by atoms with E-state index in [-0.39, 0.29) is 5.82 Å². The summed E-state index contributed by atoms with van der Waals surface area (Å²) in [5.74, 6) is 0.353. The van der Waals surface area contributed by atoms with Gasteiger partial charge in [0.2, 0.25) is 0 Å². The fourth-order valence-electron chi connectivity index (χ4n) is 2.12. The highest BCUT2D eigenvalue weighted by Gasteiger charge is 2.14. The van der Waals surface area contributed by atoms with E-state index in [1.807, 2.05) is 20.0 Å². The molecule has 0 atom stereocenters. The molecule has 3 aromatic rings. The first-order chi connectivity index (χ1) is 9.56. The lowest BCUT2D eigenvalue weighted by Crippen LogP contribution is -2.02. The summed E-state index contributed by atoms with van der Waals surface area (Å²) in [5, 5.41) is 11.3. The average molecular weight is 289 g/mol. The highest BCUT2D eigenvalue weighted by atomic mass is 32.1. The van der Waals surface area contributed by atoms with Gasteiger partial charge in [0, 0.05) is 7.05 Å². The summed E-state index contributed by atoms with van der Waals surface area (Å²) in [5.41, 5.74) is 2.47. The van der Waals surface area contributed by atoms with Crippen LogP contribution in [0.2, 0.25) is 0 Å². The molecule has 2 aromatic heterocycles. The maximum atomic E-state index is 13.0. The molecule has 0 bridgehead atoms. The van der Waals surface area contributed by atoms with E-state index >= 15 is 0 Å². The van der Waals surface area contributed by atoms with E-state index in [0.717, 1.165) is 17.1 Å². The van der Waals surface area contributed by atoms with Crippen molar-refractivity contribution in [3.8, 4) is 17.2 Å². The number of rotatable bonds is 2. The van der Waals surface area contributed by atoms with Gasteiger partial charge < -0.3 is 0 Å². The summed E-state index contributed by atoms with van der Waals surface area (Å²) < 4.78 is 17.0. The lowest BCUT2D eigenvalue weighted by molar-refractivity contribution is 0.627. The first kappa shape index (κ1) is 12.7. The van der Waals surface area contributed by atoms with E-state index in [0.29, 0.717) is 10.6 Å². The van der Waals surface area contributed by atoms with Crippen molar-refractivity contribution in [3.63, 3.8) is 0 Å². The lowest BCUT2D eigenvalue weighted by atomic mass is 10.3. The van der Waals surface area contributed by atoms with Crippen LogP contribution in [0.1, 0.15) is 5.69 Å².